The summed E-state index contributed by atoms with van der Waals surface area (Å²) in [5.74, 6) is 0.0887. The van der Waals surface area contributed by atoms with Crippen LogP contribution in [0.3, 0.4) is 0 Å². The lowest BCUT2D eigenvalue weighted by Crippen LogP contribution is -2.03. The molecule has 0 atom stereocenters. The van der Waals surface area contributed by atoms with Crippen LogP contribution >= 0.6 is 0 Å². The highest BCUT2D eigenvalue weighted by Crippen LogP contribution is 2.34. The highest BCUT2D eigenvalue weighted by Gasteiger charge is 2.16. The Balaban J connectivity index is 1.67. The number of hydrogen-bond acceptors (Lipinski definition) is 2. The molecule has 1 aliphatic rings. The number of carboxylic acids is 1. The number of aryl methyl sites for hydroxylation is 3. The molecule has 0 heterocycles. The molecular weight excluding hydrogens is 324 g/mol. The first-order valence-corrected chi connectivity index (χ1v) is 9.25. The van der Waals surface area contributed by atoms with E-state index in [1.165, 1.54) is 28.7 Å². The Morgan fingerprint density at radius 2 is 1.85 bits per heavy atom. The quantitative estimate of drug-likeness (QED) is 0.733. The molecule has 2 aromatic rings. The Bertz CT molecular complexity index is 816. The maximum absolute atomic E-state index is 10.7. The van der Waals surface area contributed by atoms with Crippen LogP contribution in [0.2, 0.25) is 0 Å². The molecule has 3 nitrogen and oxygen atoms in total. The van der Waals surface area contributed by atoms with Crippen molar-refractivity contribution >= 4 is 11.5 Å². The number of rotatable bonds is 7. The largest absolute Gasteiger partial charge is 0.489 e. The SMILES string of the molecule is Cc1ccc(C2=C(COc3ccc(CCC(=O)O)c(C)c3)CCC2)cc1. The first kappa shape index (κ1) is 18.2. The summed E-state index contributed by atoms with van der Waals surface area (Å²) in [5, 5.41) is 8.83. The molecular formula is C23H26O3. The number of carboxylic acid groups (broad SMARTS) is 1. The van der Waals surface area contributed by atoms with Crippen LogP contribution in [0.25, 0.3) is 5.57 Å². The number of hydrogen-bond donors (Lipinski definition) is 1. The second kappa shape index (κ2) is 8.22. The first-order chi connectivity index (χ1) is 12.5. The summed E-state index contributed by atoms with van der Waals surface area (Å²) in [7, 11) is 0. The number of ether oxygens (including phenoxy) is 1. The van der Waals surface area contributed by atoms with Gasteiger partial charge in [0.25, 0.3) is 0 Å². The van der Waals surface area contributed by atoms with Crippen LogP contribution in [0.5, 0.6) is 5.75 Å². The molecule has 0 unspecified atom stereocenters. The van der Waals surface area contributed by atoms with Gasteiger partial charge in [-0.2, -0.15) is 0 Å². The monoisotopic (exact) mass is 350 g/mol. The molecule has 0 aliphatic heterocycles. The molecule has 0 saturated heterocycles. The van der Waals surface area contributed by atoms with Gasteiger partial charge in [0.15, 0.2) is 0 Å². The molecule has 136 valence electrons. The van der Waals surface area contributed by atoms with Crippen molar-refractivity contribution in [3.05, 3.63) is 70.3 Å². The van der Waals surface area contributed by atoms with E-state index in [1.54, 1.807) is 0 Å². The molecule has 0 amide bonds. The molecule has 0 spiro atoms. The lowest BCUT2D eigenvalue weighted by Gasteiger charge is -2.12. The third-order valence-corrected chi connectivity index (χ3v) is 5.07. The van der Waals surface area contributed by atoms with E-state index < -0.39 is 5.97 Å². The minimum Gasteiger partial charge on any atom is -0.489 e. The Kier molecular flexibility index (Phi) is 5.77. The minimum atomic E-state index is -0.762. The molecule has 0 aromatic heterocycles. The van der Waals surface area contributed by atoms with Gasteiger partial charge in [-0.05, 0) is 79.5 Å². The Morgan fingerprint density at radius 1 is 1.08 bits per heavy atom. The van der Waals surface area contributed by atoms with Crippen LogP contribution in [0.15, 0.2) is 48.0 Å². The van der Waals surface area contributed by atoms with Gasteiger partial charge in [0.2, 0.25) is 0 Å². The van der Waals surface area contributed by atoms with Crippen LogP contribution in [0.1, 0.15) is 47.9 Å². The van der Waals surface area contributed by atoms with Gasteiger partial charge in [-0.3, -0.25) is 4.79 Å². The fourth-order valence-corrected chi connectivity index (χ4v) is 3.52. The van der Waals surface area contributed by atoms with Gasteiger partial charge < -0.3 is 9.84 Å². The predicted molar refractivity (Wildman–Crippen MR) is 105 cm³/mol. The average Bonchev–Trinajstić information content (AvgIpc) is 3.08. The second-order valence-corrected chi connectivity index (χ2v) is 7.07. The third kappa shape index (κ3) is 4.54. The van der Waals surface area contributed by atoms with E-state index in [-0.39, 0.29) is 6.42 Å². The van der Waals surface area contributed by atoms with Gasteiger partial charge in [-0.15, -0.1) is 0 Å². The van der Waals surface area contributed by atoms with Crippen LogP contribution in [-0.4, -0.2) is 17.7 Å². The van der Waals surface area contributed by atoms with E-state index >= 15 is 0 Å². The molecule has 3 rings (SSSR count). The van der Waals surface area contributed by atoms with Crippen molar-refractivity contribution in [2.45, 2.75) is 46.0 Å². The topological polar surface area (TPSA) is 46.5 Å². The number of benzene rings is 2. The summed E-state index contributed by atoms with van der Waals surface area (Å²) in [6.45, 7) is 4.74. The van der Waals surface area contributed by atoms with Gasteiger partial charge in [-0.1, -0.05) is 35.9 Å². The van der Waals surface area contributed by atoms with Crippen molar-refractivity contribution in [3.8, 4) is 5.75 Å². The summed E-state index contributed by atoms with van der Waals surface area (Å²) < 4.78 is 6.05. The second-order valence-electron chi connectivity index (χ2n) is 7.07. The maximum atomic E-state index is 10.7. The lowest BCUT2D eigenvalue weighted by molar-refractivity contribution is -0.136. The molecule has 3 heteroatoms. The Hall–Kier alpha value is -2.55. The van der Waals surface area contributed by atoms with Crippen molar-refractivity contribution in [3.63, 3.8) is 0 Å². The number of allylic oxidation sites excluding steroid dienone is 1. The highest BCUT2D eigenvalue weighted by molar-refractivity contribution is 5.71. The molecule has 26 heavy (non-hydrogen) atoms. The smallest absolute Gasteiger partial charge is 0.303 e. The maximum Gasteiger partial charge on any atom is 0.303 e. The summed E-state index contributed by atoms with van der Waals surface area (Å²) in [6, 6.07) is 14.7. The molecule has 1 aliphatic carbocycles. The molecule has 1 N–H and O–H groups in total. The fourth-order valence-electron chi connectivity index (χ4n) is 3.52. The summed E-state index contributed by atoms with van der Waals surface area (Å²) >= 11 is 0. The van der Waals surface area contributed by atoms with E-state index in [1.807, 2.05) is 25.1 Å². The van der Waals surface area contributed by atoms with Gasteiger partial charge in [0.05, 0.1) is 0 Å². The van der Waals surface area contributed by atoms with Gasteiger partial charge in [-0.25, -0.2) is 0 Å². The molecule has 0 saturated carbocycles. The Labute approximate surface area is 155 Å². The van der Waals surface area contributed by atoms with Crippen molar-refractivity contribution < 1.29 is 14.6 Å². The Morgan fingerprint density at radius 3 is 2.54 bits per heavy atom. The highest BCUT2D eigenvalue weighted by atomic mass is 16.5. The zero-order valence-corrected chi connectivity index (χ0v) is 15.5. The summed E-state index contributed by atoms with van der Waals surface area (Å²) in [5.41, 5.74) is 7.57. The van der Waals surface area contributed by atoms with Gasteiger partial charge in [0.1, 0.15) is 12.4 Å². The van der Waals surface area contributed by atoms with Crippen molar-refractivity contribution in [2.75, 3.05) is 6.61 Å². The normalized spacial score (nSPS) is 13.9. The van der Waals surface area contributed by atoms with Crippen LogP contribution < -0.4 is 4.74 Å². The van der Waals surface area contributed by atoms with Crippen LogP contribution in [0.4, 0.5) is 0 Å². The third-order valence-electron chi connectivity index (χ3n) is 5.07. The molecule has 0 radical (unpaired) electrons. The van der Waals surface area contributed by atoms with Crippen LogP contribution in [0, 0.1) is 13.8 Å². The van der Waals surface area contributed by atoms with Crippen molar-refractivity contribution in [1.29, 1.82) is 0 Å². The zero-order chi connectivity index (χ0) is 18.5. The number of aliphatic carboxylic acids is 1. The van der Waals surface area contributed by atoms with E-state index in [4.69, 9.17) is 9.84 Å². The average molecular weight is 350 g/mol. The van der Waals surface area contributed by atoms with E-state index in [2.05, 4.69) is 31.2 Å². The van der Waals surface area contributed by atoms with E-state index in [9.17, 15) is 4.79 Å². The van der Waals surface area contributed by atoms with Crippen LogP contribution in [-0.2, 0) is 11.2 Å². The number of carbonyl (C=O) groups is 1. The predicted octanol–water partition coefficient (Wildman–Crippen LogP) is 5.34. The zero-order valence-electron chi connectivity index (χ0n) is 15.5. The van der Waals surface area contributed by atoms with Gasteiger partial charge >= 0.3 is 5.97 Å². The van der Waals surface area contributed by atoms with Crippen molar-refractivity contribution in [2.24, 2.45) is 0 Å². The van der Waals surface area contributed by atoms with E-state index in [0.29, 0.717) is 13.0 Å². The van der Waals surface area contributed by atoms with Gasteiger partial charge in [0, 0.05) is 6.42 Å². The molecule has 2 aromatic carbocycles. The summed E-state index contributed by atoms with van der Waals surface area (Å²) in [4.78, 5) is 10.7. The summed E-state index contributed by atoms with van der Waals surface area (Å²) in [6.07, 6.45) is 4.13. The standard InChI is InChI=1S/C23H26O3/c1-16-6-8-19(9-7-16)22-5-3-4-20(22)15-26-21-12-10-18(17(2)14-21)11-13-23(24)25/h6-10,12,14H,3-5,11,13,15H2,1-2H3,(H,24,25). The van der Waals surface area contributed by atoms with E-state index in [0.717, 1.165) is 29.7 Å². The minimum absolute atomic E-state index is 0.161. The van der Waals surface area contributed by atoms with Crippen molar-refractivity contribution in [1.82, 2.24) is 0 Å². The molecule has 0 fully saturated rings. The molecule has 0 bridgehead atoms. The fraction of sp³-hybridized carbons (Fsp3) is 0.348. The first-order valence-electron chi connectivity index (χ1n) is 9.25. The lowest BCUT2D eigenvalue weighted by atomic mass is 10.0.